The Morgan fingerprint density at radius 1 is 1.44 bits per heavy atom. The summed E-state index contributed by atoms with van der Waals surface area (Å²) >= 11 is 0. The predicted molar refractivity (Wildman–Crippen MR) is 63.3 cm³/mol. The summed E-state index contributed by atoms with van der Waals surface area (Å²) in [6, 6.07) is 6.65. The van der Waals surface area contributed by atoms with Crippen LogP contribution in [0, 0.1) is 10.1 Å². The molecular weight excluding hydrogens is 204 g/mol. The molecule has 0 spiro atoms. The van der Waals surface area contributed by atoms with Crippen LogP contribution in [-0.4, -0.2) is 11.5 Å². The fourth-order valence-electron chi connectivity index (χ4n) is 1.56. The van der Waals surface area contributed by atoms with Crippen LogP contribution in [0.1, 0.15) is 6.92 Å². The number of hydrogen-bond acceptors (Lipinski definition) is 3. The van der Waals surface area contributed by atoms with Gasteiger partial charge in [-0.15, -0.1) is 0 Å². The highest BCUT2D eigenvalue weighted by Crippen LogP contribution is 2.23. The van der Waals surface area contributed by atoms with Gasteiger partial charge in [-0.2, -0.15) is 0 Å². The fourth-order valence-corrected chi connectivity index (χ4v) is 1.56. The number of nitro groups is 1. The van der Waals surface area contributed by atoms with Crippen molar-refractivity contribution in [3.63, 3.8) is 0 Å². The molecule has 0 fully saturated rings. The Morgan fingerprint density at radius 2 is 2.25 bits per heavy atom. The van der Waals surface area contributed by atoms with E-state index in [-0.39, 0.29) is 10.6 Å². The lowest BCUT2D eigenvalue weighted by Gasteiger charge is -2.21. The molecule has 0 aliphatic carbocycles. The van der Waals surface area contributed by atoms with Crippen LogP contribution in [0.2, 0.25) is 0 Å². The van der Waals surface area contributed by atoms with Gasteiger partial charge in [0, 0.05) is 30.6 Å². The molecule has 0 bridgehead atoms. The molecule has 2 rings (SSSR count). The van der Waals surface area contributed by atoms with Gasteiger partial charge in [-0.05, 0) is 19.1 Å². The van der Waals surface area contributed by atoms with E-state index in [1.807, 2.05) is 30.2 Å². The molecule has 1 aliphatic heterocycles. The maximum Gasteiger partial charge on any atom is 0.271 e. The fraction of sp³-hybridized carbons (Fsp3) is 0.167. The second-order valence-corrected chi connectivity index (χ2v) is 3.69. The molecule has 4 heteroatoms. The molecule has 0 N–H and O–H groups in total. The molecule has 1 heterocycles. The van der Waals surface area contributed by atoms with Crippen molar-refractivity contribution in [1.82, 2.24) is 0 Å². The van der Waals surface area contributed by atoms with Crippen molar-refractivity contribution >= 4 is 11.4 Å². The molecule has 82 valence electrons. The SMILES string of the molecule is CC1=CCN(c2cccc([N+](=O)[O-])c2)C=C1. The lowest BCUT2D eigenvalue weighted by Crippen LogP contribution is -2.18. The zero-order valence-electron chi connectivity index (χ0n) is 8.96. The summed E-state index contributed by atoms with van der Waals surface area (Å²) in [5, 5.41) is 10.6. The monoisotopic (exact) mass is 216 g/mol. The van der Waals surface area contributed by atoms with E-state index in [2.05, 4.69) is 6.08 Å². The molecule has 0 amide bonds. The summed E-state index contributed by atoms with van der Waals surface area (Å²) in [5.41, 5.74) is 2.17. The van der Waals surface area contributed by atoms with Crippen molar-refractivity contribution in [2.24, 2.45) is 0 Å². The smallest absolute Gasteiger partial charge is 0.271 e. The minimum absolute atomic E-state index is 0.122. The number of hydrogen-bond donors (Lipinski definition) is 0. The summed E-state index contributed by atoms with van der Waals surface area (Å²) in [4.78, 5) is 12.2. The first-order chi connectivity index (χ1) is 7.66. The average molecular weight is 216 g/mol. The Kier molecular flexibility index (Phi) is 2.72. The largest absolute Gasteiger partial charge is 0.344 e. The molecule has 0 aromatic heterocycles. The van der Waals surface area contributed by atoms with Crippen LogP contribution >= 0.6 is 0 Å². The van der Waals surface area contributed by atoms with Crippen LogP contribution < -0.4 is 4.90 Å². The number of anilines is 1. The van der Waals surface area contributed by atoms with Crippen molar-refractivity contribution in [1.29, 1.82) is 0 Å². The third-order valence-electron chi connectivity index (χ3n) is 2.50. The average Bonchev–Trinajstić information content (AvgIpc) is 2.30. The lowest BCUT2D eigenvalue weighted by molar-refractivity contribution is -0.384. The third kappa shape index (κ3) is 2.11. The molecule has 4 nitrogen and oxygen atoms in total. The van der Waals surface area contributed by atoms with Gasteiger partial charge in [-0.1, -0.05) is 17.7 Å². The highest BCUT2D eigenvalue weighted by atomic mass is 16.6. The van der Waals surface area contributed by atoms with E-state index >= 15 is 0 Å². The van der Waals surface area contributed by atoms with Crippen molar-refractivity contribution < 1.29 is 4.92 Å². The number of rotatable bonds is 2. The van der Waals surface area contributed by atoms with Crippen LogP contribution in [0.5, 0.6) is 0 Å². The van der Waals surface area contributed by atoms with Crippen LogP contribution in [0.4, 0.5) is 11.4 Å². The molecule has 0 saturated heterocycles. The Hall–Kier alpha value is -2.10. The number of nitrogens with zero attached hydrogens (tertiary/aromatic N) is 2. The van der Waals surface area contributed by atoms with Crippen LogP contribution in [0.3, 0.4) is 0 Å². The first-order valence-corrected chi connectivity index (χ1v) is 5.03. The van der Waals surface area contributed by atoms with E-state index in [0.29, 0.717) is 0 Å². The van der Waals surface area contributed by atoms with E-state index < -0.39 is 0 Å². The zero-order valence-corrected chi connectivity index (χ0v) is 8.96. The minimum Gasteiger partial charge on any atom is -0.344 e. The van der Waals surface area contributed by atoms with Gasteiger partial charge in [0.2, 0.25) is 0 Å². The second kappa shape index (κ2) is 4.18. The molecule has 0 unspecified atom stereocenters. The van der Waals surface area contributed by atoms with Crippen molar-refractivity contribution in [2.45, 2.75) is 6.92 Å². The Labute approximate surface area is 93.6 Å². The van der Waals surface area contributed by atoms with Gasteiger partial charge < -0.3 is 4.90 Å². The first-order valence-electron chi connectivity index (χ1n) is 5.03. The Morgan fingerprint density at radius 3 is 2.88 bits per heavy atom. The lowest BCUT2D eigenvalue weighted by atomic mass is 10.2. The normalized spacial score (nSPS) is 14.8. The quantitative estimate of drug-likeness (QED) is 0.564. The summed E-state index contributed by atoms with van der Waals surface area (Å²) in [6.45, 7) is 2.78. The highest BCUT2D eigenvalue weighted by Gasteiger charge is 2.10. The predicted octanol–water partition coefficient (Wildman–Crippen LogP) is 2.87. The Balaban J connectivity index is 2.25. The zero-order chi connectivity index (χ0) is 11.5. The third-order valence-corrected chi connectivity index (χ3v) is 2.50. The standard InChI is InChI=1S/C12H12N2O2/c1-10-5-7-13(8-6-10)11-3-2-4-12(9-11)14(15)16/h2-7,9H,8H2,1H3. The van der Waals surface area contributed by atoms with Crippen LogP contribution in [-0.2, 0) is 0 Å². The van der Waals surface area contributed by atoms with Gasteiger partial charge in [0.15, 0.2) is 0 Å². The van der Waals surface area contributed by atoms with Gasteiger partial charge >= 0.3 is 0 Å². The summed E-state index contributed by atoms with van der Waals surface area (Å²) in [6.07, 6.45) is 6.01. The summed E-state index contributed by atoms with van der Waals surface area (Å²) in [5.74, 6) is 0. The molecule has 0 atom stereocenters. The van der Waals surface area contributed by atoms with Gasteiger partial charge in [0.25, 0.3) is 5.69 Å². The van der Waals surface area contributed by atoms with E-state index in [1.165, 1.54) is 11.6 Å². The van der Waals surface area contributed by atoms with Gasteiger partial charge in [0.1, 0.15) is 0 Å². The molecule has 1 aliphatic rings. The van der Waals surface area contributed by atoms with E-state index in [9.17, 15) is 10.1 Å². The highest BCUT2D eigenvalue weighted by molar-refractivity contribution is 5.56. The molecular formula is C12H12N2O2. The topological polar surface area (TPSA) is 46.4 Å². The van der Waals surface area contributed by atoms with Crippen molar-refractivity contribution in [3.05, 3.63) is 58.3 Å². The van der Waals surface area contributed by atoms with Crippen LogP contribution in [0.25, 0.3) is 0 Å². The van der Waals surface area contributed by atoms with Crippen molar-refractivity contribution in [3.8, 4) is 0 Å². The number of benzene rings is 1. The Bertz CT molecular complexity index is 478. The summed E-state index contributed by atoms with van der Waals surface area (Å²) < 4.78 is 0. The first kappa shape index (κ1) is 10.4. The summed E-state index contributed by atoms with van der Waals surface area (Å²) in [7, 11) is 0. The molecule has 0 radical (unpaired) electrons. The van der Waals surface area contributed by atoms with Crippen LogP contribution in [0.15, 0.2) is 48.2 Å². The molecule has 0 saturated carbocycles. The number of nitro benzene ring substituents is 1. The van der Waals surface area contributed by atoms with E-state index in [4.69, 9.17) is 0 Å². The van der Waals surface area contributed by atoms with Gasteiger partial charge in [-0.3, -0.25) is 10.1 Å². The van der Waals surface area contributed by atoms with Gasteiger partial charge in [-0.25, -0.2) is 0 Å². The number of non-ortho nitro benzene ring substituents is 1. The molecule has 1 aromatic rings. The molecule has 1 aromatic carbocycles. The minimum atomic E-state index is -0.377. The maximum absolute atomic E-state index is 10.6. The maximum atomic E-state index is 10.6. The van der Waals surface area contributed by atoms with E-state index in [0.717, 1.165) is 12.2 Å². The van der Waals surface area contributed by atoms with Crippen molar-refractivity contribution in [2.75, 3.05) is 11.4 Å². The van der Waals surface area contributed by atoms with E-state index in [1.54, 1.807) is 12.1 Å². The number of allylic oxidation sites excluding steroid dienone is 2. The second-order valence-electron chi connectivity index (χ2n) is 3.69. The molecule has 16 heavy (non-hydrogen) atoms. The van der Waals surface area contributed by atoms with Gasteiger partial charge in [0.05, 0.1) is 4.92 Å².